The van der Waals surface area contributed by atoms with Gasteiger partial charge in [0.05, 0.1) is 23.0 Å². The van der Waals surface area contributed by atoms with Crippen LogP contribution < -0.4 is 0 Å². The maximum Gasteiger partial charge on any atom is 0.389 e. The summed E-state index contributed by atoms with van der Waals surface area (Å²) < 4.78 is 38.7. The minimum atomic E-state index is -4.38. The van der Waals surface area contributed by atoms with Crippen molar-refractivity contribution in [1.29, 1.82) is 5.26 Å². The van der Waals surface area contributed by atoms with Crippen molar-refractivity contribution < 1.29 is 13.2 Å². The number of halogens is 4. The van der Waals surface area contributed by atoms with Gasteiger partial charge in [0.15, 0.2) is 6.07 Å². The fourth-order valence-corrected chi connectivity index (χ4v) is 1.79. The highest BCUT2D eigenvalue weighted by molar-refractivity contribution is 9.10. The second kappa shape index (κ2) is 5.62. The molecule has 0 saturated carbocycles. The number of alkyl halides is 3. The highest BCUT2D eigenvalue weighted by Crippen LogP contribution is 2.29. The summed E-state index contributed by atoms with van der Waals surface area (Å²) in [5.74, 6) is 0. The van der Waals surface area contributed by atoms with E-state index in [2.05, 4.69) is 25.9 Å². The fraction of sp³-hybridized carbons (Fsp3) is 0.545. The van der Waals surface area contributed by atoms with Crippen LogP contribution in [0.1, 0.15) is 18.5 Å². The molecule has 1 aromatic rings. The molecule has 102 valence electrons. The summed E-state index contributed by atoms with van der Waals surface area (Å²) in [5.41, 5.74) is -1.10. The lowest BCUT2D eigenvalue weighted by molar-refractivity contribution is -0.137. The van der Waals surface area contributed by atoms with Gasteiger partial charge in [-0.15, -0.1) is 0 Å². The van der Waals surface area contributed by atoms with Crippen molar-refractivity contribution in [2.24, 2.45) is 0 Å². The summed E-state index contributed by atoms with van der Waals surface area (Å²) in [6, 6.07) is 1.68. The minimum Gasteiger partial charge on any atom is -0.292 e. The molecule has 1 aromatic heterocycles. The van der Waals surface area contributed by atoms with Gasteiger partial charge in [-0.25, -0.2) is 6.57 Å². The predicted molar refractivity (Wildman–Crippen MR) is 64.9 cm³/mol. The average Bonchev–Trinajstić information content (AvgIpc) is 2.63. The molecule has 4 nitrogen and oxygen atoms in total. The van der Waals surface area contributed by atoms with Crippen molar-refractivity contribution in [3.8, 4) is 6.07 Å². The molecule has 0 N–H and O–H groups in total. The van der Waals surface area contributed by atoms with Crippen molar-refractivity contribution in [3.63, 3.8) is 0 Å². The van der Waals surface area contributed by atoms with Crippen LogP contribution in [0.15, 0.2) is 10.7 Å². The summed E-state index contributed by atoms with van der Waals surface area (Å²) in [6.07, 6.45) is -4.56. The van der Waals surface area contributed by atoms with E-state index in [1.165, 1.54) is 4.68 Å². The van der Waals surface area contributed by atoms with Crippen molar-refractivity contribution >= 4 is 15.9 Å². The first-order valence-corrected chi connectivity index (χ1v) is 6.07. The van der Waals surface area contributed by atoms with Gasteiger partial charge in [-0.1, -0.05) is 0 Å². The molecule has 0 bridgehead atoms. The Balaban J connectivity index is 2.89. The maximum absolute atomic E-state index is 12.2. The minimum absolute atomic E-state index is 0.185. The Labute approximate surface area is 116 Å². The Bertz CT molecular complexity index is 502. The number of rotatable bonds is 4. The van der Waals surface area contributed by atoms with E-state index in [9.17, 15) is 13.2 Å². The molecular formula is C11H10BrF3N4. The zero-order chi connectivity index (χ0) is 14.7. The first-order chi connectivity index (χ1) is 8.71. The van der Waals surface area contributed by atoms with E-state index >= 15 is 0 Å². The molecule has 1 atom stereocenters. The Hall–Kier alpha value is -1.54. The quantitative estimate of drug-likeness (QED) is 0.791. The van der Waals surface area contributed by atoms with Gasteiger partial charge in [0.2, 0.25) is 0 Å². The normalized spacial score (nSPS) is 14.5. The smallest absolute Gasteiger partial charge is 0.292 e. The molecule has 0 aromatic carbocycles. The standard InChI is InChI=1S/C11H10BrF3N4/c1-8-9(12)5-19(18-8)7-10(6-16,17-2)3-4-11(13,14)15/h5H,3-4,7H2,1H3. The first-order valence-electron chi connectivity index (χ1n) is 5.27. The van der Waals surface area contributed by atoms with E-state index < -0.39 is 24.6 Å². The maximum atomic E-state index is 12.2. The van der Waals surface area contributed by atoms with Gasteiger partial charge in [-0.3, -0.25) is 9.53 Å². The number of hydrogen-bond donors (Lipinski definition) is 0. The molecule has 0 aliphatic heterocycles. The Morgan fingerprint density at radius 1 is 1.53 bits per heavy atom. The summed E-state index contributed by atoms with van der Waals surface area (Å²) in [7, 11) is 0. The summed E-state index contributed by atoms with van der Waals surface area (Å²) in [4.78, 5) is 3.09. The molecule has 0 aliphatic rings. The van der Waals surface area contributed by atoms with Crippen LogP contribution in [0.3, 0.4) is 0 Å². The molecule has 19 heavy (non-hydrogen) atoms. The molecule has 0 saturated heterocycles. The summed E-state index contributed by atoms with van der Waals surface area (Å²) >= 11 is 3.21. The fourth-order valence-electron chi connectivity index (χ4n) is 1.48. The Morgan fingerprint density at radius 3 is 2.53 bits per heavy atom. The molecule has 0 amide bonds. The summed E-state index contributed by atoms with van der Waals surface area (Å²) in [6.45, 7) is 8.53. The molecule has 0 spiro atoms. The molecule has 1 unspecified atom stereocenters. The van der Waals surface area contributed by atoms with Crippen LogP contribution in [0.4, 0.5) is 13.2 Å². The number of aromatic nitrogens is 2. The van der Waals surface area contributed by atoms with Gasteiger partial charge in [0, 0.05) is 6.20 Å². The third-order valence-corrected chi connectivity index (χ3v) is 3.33. The molecular weight excluding hydrogens is 325 g/mol. The van der Waals surface area contributed by atoms with E-state index in [1.807, 2.05) is 0 Å². The van der Waals surface area contributed by atoms with Crippen LogP contribution in [0.5, 0.6) is 0 Å². The highest BCUT2D eigenvalue weighted by atomic mass is 79.9. The lowest BCUT2D eigenvalue weighted by atomic mass is 9.96. The molecule has 0 aliphatic carbocycles. The van der Waals surface area contributed by atoms with Gasteiger partial charge in [-0.05, 0) is 22.9 Å². The lowest BCUT2D eigenvalue weighted by Crippen LogP contribution is -2.31. The van der Waals surface area contributed by atoms with Gasteiger partial charge in [0.25, 0.3) is 0 Å². The van der Waals surface area contributed by atoms with Crippen LogP contribution in [-0.2, 0) is 6.54 Å². The topological polar surface area (TPSA) is 46.0 Å². The van der Waals surface area contributed by atoms with E-state index in [-0.39, 0.29) is 6.54 Å². The largest absolute Gasteiger partial charge is 0.389 e. The van der Waals surface area contributed by atoms with Crippen LogP contribution in [-0.4, -0.2) is 21.5 Å². The lowest BCUT2D eigenvalue weighted by Gasteiger charge is -2.15. The van der Waals surface area contributed by atoms with Crippen LogP contribution in [0.25, 0.3) is 4.85 Å². The summed E-state index contributed by atoms with van der Waals surface area (Å²) in [5, 5.41) is 13.1. The second-order valence-electron chi connectivity index (χ2n) is 4.13. The Morgan fingerprint density at radius 2 is 2.16 bits per heavy atom. The zero-order valence-electron chi connectivity index (χ0n) is 10.00. The second-order valence-corrected chi connectivity index (χ2v) is 4.98. The Kier molecular flexibility index (Phi) is 4.59. The molecule has 0 radical (unpaired) electrons. The van der Waals surface area contributed by atoms with Gasteiger partial charge in [-0.2, -0.15) is 23.5 Å². The number of hydrogen-bond acceptors (Lipinski definition) is 2. The van der Waals surface area contributed by atoms with Gasteiger partial charge in [0.1, 0.15) is 6.54 Å². The van der Waals surface area contributed by atoms with E-state index in [1.54, 1.807) is 19.2 Å². The highest BCUT2D eigenvalue weighted by Gasteiger charge is 2.42. The van der Waals surface area contributed by atoms with E-state index in [0.717, 1.165) is 0 Å². The molecule has 8 heteroatoms. The van der Waals surface area contributed by atoms with Gasteiger partial charge < -0.3 is 0 Å². The number of aryl methyl sites for hydroxylation is 1. The van der Waals surface area contributed by atoms with Crippen molar-refractivity contribution in [1.82, 2.24) is 9.78 Å². The van der Waals surface area contributed by atoms with Crippen LogP contribution in [0, 0.1) is 24.8 Å². The molecule has 0 fully saturated rings. The third-order valence-electron chi connectivity index (χ3n) is 2.55. The zero-order valence-corrected chi connectivity index (χ0v) is 11.6. The van der Waals surface area contributed by atoms with E-state index in [4.69, 9.17) is 11.8 Å². The average molecular weight is 335 g/mol. The number of nitriles is 1. The van der Waals surface area contributed by atoms with E-state index in [0.29, 0.717) is 10.2 Å². The first kappa shape index (κ1) is 15.5. The predicted octanol–water partition coefficient (Wildman–Crippen LogP) is 3.48. The molecule has 1 heterocycles. The SMILES string of the molecule is [C-]#[N+]C(C#N)(CCC(F)(F)F)Cn1cc(Br)c(C)n1. The van der Waals surface area contributed by atoms with Crippen LogP contribution in [0.2, 0.25) is 0 Å². The monoisotopic (exact) mass is 334 g/mol. The third kappa shape index (κ3) is 4.25. The molecule has 1 rings (SSSR count). The number of nitrogens with zero attached hydrogens (tertiary/aromatic N) is 4. The van der Waals surface area contributed by atoms with Gasteiger partial charge >= 0.3 is 11.7 Å². The van der Waals surface area contributed by atoms with Crippen molar-refractivity contribution in [2.75, 3.05) is 0 Å². The van der Waals surface area contributed by atoms with Crippen molar-refractivity contribution in [2.45, 2.75) is 38.0 Å². The van der Waals surface area contributed by atoms with Crippen LogP contribution >= 0.6 is 15.9 Å². The van der Waals surface area contributed by atoms with Crippen molar-refractivity contribution in [3.05, 3.63) is 27.8 Å².